The monoisotopic (exact) mass is 278 g/mol. The highest BCUT2D eigenvalue weighted by atomic mass is 16.5. The van der Waals surface area contributed by atoms with Gasteiger partial charge in [-0.3, -0.25) is 0 Å². The zero-order valence-corrected chi connectivity index (χ0v) is 11.6. The average molecular weight is 278 g/mol. The first-order chi connectivity index (χ1) is 9.74. The normalized spacial score (nSPS) is 22.5. The maximum absolute atomic E-state index is 5.71. The Morgan fingerprint density at radius 2 is 2.25 bits per heavy atom. The highest BCUT2D eigenvalue weighted by Crippen LogP contribution is 2.33. The van der Waals surface area contributed by atoms with Crippen molar-refractivity contribution in [2.75, 3.05) is 13.2 Å². The third-order valence-corrected chi connectivity index (χ3v) is 3.57. The molecule has 0 aliphatic carbocycles. The van der Waals surface area contributed by atoms with E-state index < -0.39 is 0 Å². The van der Waals surface area contributed by atoms with Crippen LogP contribution in [0.25, 0.3) is 0 Å². The largest absolute Gasteiger partial charge is 0.368 e. The van der Waals surface area contributed by atoms with Crippen LogP contribution in [0.4, 0.5) is 0 Å². The van der Waals surface area contributed by atoms with E-state index in [0.717, 1.165) is 37.4 Å². The average Bonchev–Trinajstić information content (AvgIpc) is 3.12. The summed E-state index contributed by atoms with van der Waals surface area (Å²) in [5, 5.41) is 11.1. The van der Waals surface area contributed by atoms with Crippen LogP contribution in [0.5, 0.6) is 0 Å². The minimum atomic E-state index is -0.104. The molecule has 3 rings (SSSR count). The number of nitrogens with zero attached hydrogens (tertiary/aromatic N) is 3. The Kier molecular flexibility index (Phi) is 3.79. The van der Waals surface area contributed by atoms with E-state index in [9.17, 15) is 0 Å². The van der Waals surface area contributed by atoms with Crippen molar-refractivity contribution < 1.29 is 13.8 Å². The molecular weight excluding hydrogens is 260 g/mol. The van der Waals surface area contributed by atoms with Gasteiger partial charge >= 0.3 is 0 Å². The van der Waals surface area contributed by atoms with Crippen LogP contribution in [0, 0.1) is 19.8 Å². The standard InChI is InChI=1S/C13H18N4O3/c1-8-11(7-19-16-8)6-14-5-10-3-4-18-12(10)13-15-9(2)17-20-13/h7,10,12,14H,3-6H2,1-2H3/t10-,12-/m0/s1. The van der Waals surface area contributed by atoms with Gasteiger partial charge in [0.15, 0.2) is 5.82 Å². The van der Waals surface area contributed by atoms with Gasteiger partial charge in [0.05, 0.1) is 5.69 Å². The van der Waals surface area contributed by atoms with E-state index in [-0.39, 0.29) is 6.10 Å². The minimum Gasteiger partial charge on any atom is -0.368 e. The summed E-state index contributed by atoms with van der Waals surface area (Å²) in [5.74, 6) is 1.56. The number of aromatic nitrogens is 3. The highest BCUT2D eigenvalue weighted by Gasteiger charge is 2.33. The number of rotatable bonds is 5. The summed E-state index contributed by atoms with van der Waals surface area (Å²) in [6, 6.07) is 0. The molecule has 1 saturated heterocycles. The number of hydrogen-bond donors (Lipinski definition) is 1. The molecular formula is C13H18N4O3. The minimum absolute atomic E-state index is 0.104. The van der Waals surface area contributed by atoms with Crippen LogP contribution in [0.1, 0.15) is 35.5 Å². The molecule has 2 aromatic heterocycles. The molecule has 1 aliphatic heterocycles. The first kappa shape index (κ1) is 13.3. The van der Waals surface area contributed by atoms with Gasteiger partial charge in [0.25, 0.3) is 5.89 Å². The van der Waals surface area contributed by atoms with Gasteiger partial charge in [-0.15, -0.1) is 0 Å². The third kappa shape index (κ3) is 2.73. The first-order valence-electron chi connectivity index (χ1n) is 6.76. The van der Waals surface area contributed by atoms with Crippen LogP contribution in [0.2, 0.25) is 0 Å². The van der Waals surface area contributed by atoms with Crippen molar-refractivity contribution in [2.24, 2.45) is 5.92 Å². The molecule has 0 amide bonds. The molecule has 0 unspecified atom stereocenters. The number of aryl methyl sites for hydroxylation is 2. The Labute approximate surface area is 116 Å². The predicted molar refractivity (Wildman–Crippen MR) is 68.8 cm³/mol. The van der Waals surface area contributed by atoms with E-state index >= 15 is 0 Å². The van der Waals surface area contributed by atoms with Gasteiger partial charge in [-0.2, -0.15) is 4.98 Å². The summed E-state index contributed by atoms with van der Waals surface area (Å²) in [6.45, 7) is 6.04. The van der Waals surface area contributed by atoms with Crippen molar-refractivity contribution in [3.05, 3.63) is 29.2 Å². The van der Waals surface area contributed by atoms with Gasteiger partial charge in [-0.25, -0.2) is 0 Å². The summed E-state index contributed by atoms with van der Waals surface area (Å²) in [5.41, 5.74) is 2.00. The van der Waals surface area contributed by atoms with E-state index in [1.54, 1.807) is 6.26 Å². The van der Waals surface area contributed by atoms with Crippen LogP contribution in [0.15, 0.2) is 15.3 Å². The van der Waals surface area contributed by atoms with Gasteiger partial charge in [0, 0.05) is 31.2 Å². The summed E-state index contributed by atoms with van der Waals surface area (Å²) < 4.78 is 15.8. The molecule has 1 N–H and O–H groups in total. The Hall–Kier alpha value is -1.73. The first-order valence-corrected chi connectivity index (χ1v) is 6.76. The molecule has 0 aromatic carbocycles. The van der Waals surface area contributed by atoms with Crippen molar-refractivity contribution in [3.63, 3.8) is 0 Å². The molecule has 0 saturated carbocycles. The molecule has 7 heteroatoms. The van der Waals surface area contributed by atoms with Crippen molar-refractivity contribution in [3.8, 4) is 0 Å². The SMILES string of the molecule is Cc1noc([C@H]2OCC[C@H]2CNCc2conc2C)n1. The lowest BCUT2D eigenvalue weighted by atomic mass is 10.0. The van der Waals surface area contributed by atoms with E-state index in [1.165, 1.54) is 0 Å². The summed E-state index contributed by atoms with van der Waals surface area (Å²) >= 11 is 0. The Morgan fingerprint density at radius 1 is 1.35 bits per heavy atom. The molecule has 2 atom stereocenters. The zero-order valence-electron chi connectivity index (χ0n) is 11.6. The maximum Gasteiger partial charge on any atom is 0.256 e. The Morgan fingerprint density at radius 3 is 2.95 bits per heavy atom. The van der Waals surface area contributed by atoms with Crippen LogP contribution < -0.4 is 5.32 Å². The molecule has 1 fully saturated rings. The lowest BCUT2D eigenvalue weighted by Crippen LogP contribution is -2.24. The molecule has 20 heavy (non-hydrogen) atoms. The van der Waals surface area contributed by atoms with Crippen LogP contribution in [-0.2, 0) is 11.3 Å². The van der Waals surface area contributed by atoms with Crippen molar-refractivity contribution >= 4 is 0 Å². The molecule has 3 heterocycles. The number of nitrogens with one attached hydrogen (secondary N) is 1. The van der Waals surface area contributed by atoms with E-state index in [2.05, 4.69) is 20.6 Å². The highest BCUT2D eigenvalue weighted by molar-refractivity contribution is 5.11. The van der Waals surface area contributed by atoms with Crippen molar-refractivity contribution in [1.82, 2.24) is 20.6 Å². The molecule has 0 spiro atoms. The maximum atomic E-state index is 5.71. The van der Waals surface area contributed by atoms with Gasteiger partial charge in [0.2, 0.25) is 0 Å². The second-order valence-electron chi connectivity index (χ2n) is 5.08. The molecule has 2 aromatic rings. The van der Waals surface area contributed by atoms with Gasteiger partial charge in [-0.05, 0) is 20.3 Å². The van der Waals surface area contributed by atoms with Crippen LogP contribution >= 0.6 is 0 Å². The summed E-state index contributed by atoms with van der Waals surface area (Å²) in [7, 11) is 0. The van der Waals surface area contributed by atoms with Crippen molar-refractivity contribution in [2.45, 2.75) is 32.9 Å². The van der Waals surface area contributed by atoms with Gasteiger partial charge in [0.1, 0.15) is 12.4 Å². The van der Waals surface area contributed by atoms with Gasteiger partial charge in [-0.1, -0.05) is 10.3 Å². The lowest BCUT2D eigenvalue weighted by molar-refractivity contribution is 0.0623. The molecule has 7 nitrogen and oxygen atoms in total. The smallest absolute Gasteiger partial charge is 0.256 e. The quantitative estimate of drug-likeness (QED) is 0.887. The van der Waals surface area contributed by atoms with Crippen LogP contribution in [-0.4, -0.2) is 28.4 Å². The number of ether oxygens (including phenoxy) is 1. The Balaban J connectivity index is 1.55. The molecule has 0 radical (unpaired) electrons. The molecule has 108 valence electrons. The third-order valence-electron chi connectivity index (χ3n) is 3.57. The topological polar surface area (TPSA) is 86.2 Å². The zero-order chi connectivity index (χ0) is 13.9. The predicted octanol–water partition coefficient (Wildman–Crippen LogP) is 1.54. The molecule has 0 bridgehead atoms. The van der Waals surface area contributed by atoms with E-state index in [4.69, 9.17) is 13.8 Å². The fourth-order valence-corrected chi connectivity index (χ4v) is 2.42. The lowest BCUT2D eigenvalue weighted by Gasteiger charge is -2.15. The second-order valence-corrected chi connectivity index (χ2v) is 5.08. The fraction of sp³-hybridized carbons (Fsp3) is 0.615. The number of hydrogen-bond acceptors (Lipinski definition) is 7. The Bertz CT molecular complexity index is 565. The summed E-state index contributed by atoms with van der Waals surface area (Å²) in [6.07, 6.45) is 2.56. The van der Waals surface area contributed by atoms with Crippen molar-refractivity contribution in [1.29, 1.82) is 0 Å². The van der Waals surface area contributed by atoms with E-state index in [1.807, 2.05) is 13.8 Å². The van der Waals surface area contributed by atoms with E-state index in [0.29, 0.717) is 17.6 Å². The van der Waals surface area contributed by atoms with Crippen LogP contribution in [0.3, 0.4) is 0 Å². The molecule has 1 aliphatic rings. The fourth-order valence-electron chi connectivity index (χ4n) is 2.42. The van der Waals surface area contributed by atoms with Gasteiger partial charge < -0.3 is 19.1 Å². The summed E-state index contributed by atoms with van der Waals surface area (Å²) in [4.78, 5) is 4.26. The second kappa shape index (κ2) is 5.72.